The van der Waals surface area contributed by atoms with E-state index >= 15 is 0 Å². The fourth-order valence-electron chi connectivity index (χ4n) is 4.02. The van der Waals surface area contributed by atoms with Crippen molar-refractivity contribution < 1.29 is 0 Å². The van der Waals surface area contributed by atoms with Crippen LogP contribution in [0.3, 0.4) is 0 Å². The lowest BCUT2D eigenvalue weighted by Crippen LogP contribution is -2.52. The van der Waals surface area contributed by atoms with Crippen molar-refractivity contribution in [1.29, 1.82) is 0 Å². The minimum atomic E-state index is 0.523. The molecule has 1 aromatic heterocycles. The monoisotopic (exact) mass is 285 g/mol. The maximum absolute atomic E-state index is 5.82. The lowest BCUT2D eigenvalue weighted by molar-refractivity contribution is 0.0607. The molecule has 2 aromatic rings. The number of H-pyrrole nitrogens is 1. The average molecular weight is 285 g/mol. The molecule has 0 radical (unpaired) electrons. The molecule has 2 unspecified atom stereocenters. The normalized spacial score (nSPS) is 29.7. The number of imidazole rings is 1. The molecule has 5 heteroatoms. The molecule has 2 saturated heterocycles. The smallest absolute Gasteiger partial charge is 0.201 e. The molecule has 5 nitrogen and oxygen atoms in total. The van der Waals surface area contributed by atoms with Gasteiger partial charge in [-0.3, -0.25) is 0 Å². The molecule has 2 aliphatic rings. The highest BCUT2D eigenvalue weighted by Crippen LogP contribution is 2.33. The van der Waals surface area contributed by atoms with Crippen LogP contribution in [0.4, 0.5) is 11.6 Å². The van der Waals surface area contributed by atoms with Gasteiger partial charge < -0.3 is 20.9 Å². The van der Waals surface area contributed by atoms with E-state index in [1.54, 1.807) is 0 Å². The number of fused-ring (bicyclic) bond motifs is 3. The molecule has 2 bridgehead atoms. The van der Waals surface area contributed by atoms with E-state index in [-0.39, 0.29) is 0 Å². The Balaban J connectivity index is 1.52. The first-order valence-corrected chi connectivity index (χ1v) is 7.93. The van der Waals surface area contributed by atoms with Crippen LogP contribution < -0.4 is 11.1 Å². The lowest BCUT2D eigenvalue weighted by Gasteiger charge is -2.47. The van der Waals surface area contributed by atoms with E-state index in [2.05, 4.69) is 27.2 Å². The number of hydrogen-bond donors (Lipinski definition) is 3. The second-order valence-corrected chi connectivity index (χ2v) is 6.58. The van der Waals surface area contributed by atoms with Crippen LogP contribution in [0.5, 0.6) is 0 Å². The molecule has 4 rings (SSSR count). The minimum absolute atomic E-state index is 0.523. The highest BCUT2D eigenvalue weighted by molar-refractivity contribution is 5.80. The summed E-state index contributed by atoms with van der Waals surface area (Å²) in [7, 11) is 2.29. The summed E-state index contributed by atoms with van der Waals surface area (Å²) in [6.45, 7) is 0. The number of aromatic amines is 1. The Bertz CT molecular complexity index is 635. The number of piperidine rings is 2. The molecule has 2 fully saturated rings. The predicted octanol–water partition coefficient (Wildman–Crippen LogP) is 2.57. The van der Waals surface area contributed by atoms with Crippen molar-refractivity contribution in [2.24, 2.45) is 0 Å². The molecular formula is C16H23N5. The van der Waals surface area contributed by atoms with Gasteiger partial charge in [-0.2, -0.15) is 0 Å². The molecule has 0 spiro atoms. The quantitative estimate of drug-likeness (QED) is 0.742. The molecule has 2 atom stereocenters. The van der Waals surface area contributed by atoms with Crippen LogP contribution in [-0.2, 0) is 0 Å². The van der Waals surface area contributed by atoms with E-state index in [0.717, 1.165) is 34.8 Å². The van der Waals surface area contributed by atoms with Gasteiger partial charge in [-0.15, -0.1) is 0 Å². The molecule has 3 heterocycles. The number of nitrogens with one attached hydrogen (secondary N) is 2. The maximum Gasteiger partial charge on any atom is 0.201 e. The Kier molecular flexibility index (Phi) is 3.03. The van der Waals surface area contributed by atoms with Crippen LogP contribution >= 0.6 is 0 Å². The first-order valence-electron chi connectivity index (χ1n) is 7.93. The zero-order valence-corrected chi connectivity index (χ0v) is 12.5. The molecule has 1 aromatic carbocycles. The third-order valence-electron chi connectivity index (χ3n) is 5.19. The topological polar surface area (TPSA) is 70.0 Å². The van der Waals surface area contributed by atoms with E-state index in [0.29, 0.717) is 6.04 Å². The largest absolute Gasteiger partial charge is 0.399 e. The van der Waals surface area contributed by atoms with Crippen LogP contribution in [0, 0.1) is 0 Å². The molecule has 0 aliphatic carbocycles. The van der Waals surface area contributed by atoms with Crippen LogP contribution in [0.25, 0.3) is 11.0 Å². The Morgan fingerprint density at radius 2 is 2.05 bits per heavy atom. The Morgan fingerprint density at radius 1 is 1.29 bits per heavy atom. The van der Waals surface area contributed by atoms with Gasteiger partial charge in [0.05, 0.1) is 11.0 Å². The van der Waals surface area contributed by atoms with Crippen molar-refractivity contribution in [2.45, 2.75) is 50.2 Å². The Morgan fingerprint density at radius 3 is 2.81 bits per heavy atom. The van der Waals surface area contributed by atoms with Gasteiger partial charge in [0.1, 0.15) is 0 Å². The van der Waals surface area contributed by atoms with E-state index in [1.165, 1.54) is 32.1 Å². The number of nitrogens with two attached hydrogens (primary N) is 1. The van der Waals surface area contributed by atoms with Gasteiger partial charge in [0.25, 0.3) is 0 Å². The van der Waals surface area contributed by atoms with Crippen molar-refractivity contribution >= 4 is 22.7 Å². The SMILES string of the molecule is CN1C2CCCC1CC(Nc1nc3ccc(N)cc3[nH]1)C2. The van der Waals surface area contributed by atoms with E-state index in [9.17, 15) is 0 Å². The van der Waals surface area contributed by atoms with Gasteiger partial charge in [-0.05, 0) is 50.9 Å². The van der Waals surface area contributed by atoms with Gasteiger partial charge in [0.2, 0.25) is 5.95 Å². The second kappa shape index (κ2) is 4.91. The molecule has 21 heavy (non-hydrogen) atoms. The zero-order chi connectivity index (χ0) is 14.4. The number of nitrogens with zero attached hydrogens (tertiary/aromatic N) is 2. The summed E-state index contributed by atoms with van der Waals surface area (Å²) in [5, 5.41) is 3.60. The predicted molar refractivity (Wildman–Crippen MR) is 86.3 cm³/mol. The first-order chi connectivity index (χ1) is 10.2. The lowest BCUT2D eigenvalue weighted by atomic mass is 9.82. The molecule has 4 N–H and O–H groups in total. The summed E-state index contributed by atoms with van der Waals surface area (Å²) in [6.07, 6.45) is 6.48. The van der Waals surface area contributed by atoms with Gasteiger partial charge in [-0.1, -0.05) is 6.42 Å². The maximum atomic E-state index is 5.82. The van der Waals surface area contributed by atoms with E-state index < -0.39 is 0 Å². The number of anilines is 2. The minimum Gasteiger partial charge on any atom is -0.399 e. The summed E-state index contributed by atoms with van der Waals surface area (Å²) in [6, 6.07) is 7.79. The van der Waals surface area contributed by atoms with E-state index in [4.69, 9.17) is 5.73 Å². The summed E-state index contributed by atoms with van der Waals surface area (Å²) in [5.41, 5.74) is 8.57. The van der Waals surface area contributed by atoms with Crippen molar-refractivity contribution in [3.8, 4) is 0 Å². The van der Waals surface area contributed by atoms with Gasteiger partial charge in [-0.25, -0.2) is 4.98 Å². The third-order valence-corrected chi connectivity index (χ3v) is 5.19. The average Bonchev–Trinajstić information content (AvgIpc) is 2.81. The molecular weight excluding hydrogens is 262 g/mol. The number of aromatic nitrogens is 2. The van der Waals surface area contributed by atoms with E-state index in [1.807, 2.05) is 18.2 Å². The second-order valence-electron chi connectivity index (χ2n) is 6.58. The van der Waals surface area contributed by atoms with Crippen molar-refractivity contribution in [3.05, 3.63) is 18.2 Å². The number of nitrogen functional groups attached to an aromatic ring is 1. The number of hydrogen-bond acceptors (Lipinski definition) is 4. The van der Waals surface area contributed by atoms with Crippen LogP contribution in [0.1, 0.15) is 32.1 Å². The Labute approximate surface area is 124 Å². The fourth-order valence-corrected chi connectivity index (χ4v) is 4.02. The van der Waals surface area contributed by atoms with Crippen LogP contribution in [-0.4, -0.2) is 40.0 Å². The highest BCUT2D eigenvalue weighted by Gasteiger charge is 2.36. The first kappa shape index (κ1) is 13.0. The number of rotatable bonds is 2. The summed E-state index contributed by atoms with van der Waals surface area (Å²) >= 11 is 0. The van der Waals surface area contributed by atoms with Crippen molar-refractivity contribution in [2.75, 3.05) is 18.1 Å². The molecule has 2 aliphatic heterocycles. The third kappa shape index (κ3) is 2.35. The number of benzene rings is 1. The van der Waals surface area contributed by atoms with Gasteiger partial charge >= 0.3 is 0 Å². The highest BCUT2D eigenvalue weighted by atomic mass is 15.2. The van der Waals surface area contributed by atoms with Gasteiger partial charge in [0, 0.05) is 23.8 Å². The Hall–Kier alpha value is -1.75. The van der Waals surface area contributed by atoms with Crippen molar-refractivity contribution in [1.82, 2.24) is 14.9 Å². The van der Waals surface area contributed by atoms with Crippen LogP contribution in [0.2, 0.25) is 0 Å². The standard InChI is InChI=1S/C16H23N5/c1-21-12-3-2-4-13(21)9-11(8-12)18-16-19-14-6-5-10(17)7-15(14)20-16/h5-7,11-13H,2-4,8-9,17H2,1H3,(H2,18,19,20). The zero-order valence-electron chi connectivity index (χ0n) is 12.5. The molecule has 0 saturated carbocycles. The summed E-state index contributed by atoms with van der Waals surface area (Å²) in [5.74, 6) is 0.878. The summed E-state index contributed by atoms with van der Waals surface area (Å²) in [4.78, 5) is 10.6. The molecule has 112 valence electrons. The summed E-state index contributed by atoms with van der Waals surface area (Å²) < 4.78 is 0. The fraction of sp³-hybridized carbons (Fsp3) is 0.562. The van der Waals surface area contributed by atoms with Gasteiger partial charge in [0.15, 0.2) is 0 Å². The van der Waals surface area contributed by atoms with Crippen LogP contribution in [0.15, 0.2) is 18.2 Å². The molecule has 0 amide bonds. The van der Waals surface area contributed by atoms with Crippen molar-refractivity contribution in [3.63, 3.8) is 0 Å².